The average molecular weight is 210 g/mol. The fraction of sp³-hybridized carbons (Fsp3) is 0.750. The zero-order valence-electron chi connectivity index (χ0n) is 9.31. The van der Waals surface area contributed by atoms with Gasteiger partial charge in [-0.15, -0.1) is 0 Å². The van der Waals surface area contributed by atoms with Gasteiger partial charge in [-0.25, -0.2) is 4.79 Å². The van der Waals surface area contributed by atoms with Crippen LogP contribution in [0.5, 0.6) is 0 Å². The Morgan fingerprint density at radius 2 is 2.20 bits per heavy atom. The van der Waals surface area contributed by atoms with Crippen molar-refractivity contribution in [1.82, 2.24) is 0 Å². The van der Waals surface area contributed by atoms with Crippen LogP contribution in [0.2, 0.25) is 0 Å². The Labute approximate surface area is 90.4 Å². The van der Waals surface area contributed by atoms with Crippen LogP contribution in [0.3, 0.4) is 0 Å². The monoisotopic (exact) mass is 210 g/mol. The van der Waals surface area contributed by atoms with E-state index in [2.05, 4.69) is 6.92 Å². The van der Waals surface area contributed by atoms with Gasteiger partial charge in [0, 0.05) is 6.08 Å². The molecule has 2 rings (SSSR count). The van der Waals surface area contributed by atoms with Gasteiger partial charge in [0.1, 0.15) is 0 Å². The normalized spacial score (nSPS) is 38.8. The molecule has 2 aliphatic rings. The predicted octanol–water partition coefficient (Wildman–Crippen LogP) is 1.92. The first kappa shape index (κ1) is 10.7. The molecule has 3 nitrogen and oxygen atoms in total. The van der Waals surface area contributed by atoms with E-state index in [4.69, 9.17) is 9.47 Å². The Morgan fingerprint density at radius 1 is 1.47 bits per heavy atom. The van der Waals surface area contributed by atoms with Crippen LogP contribution in [0.4, 0.5) is 0 Å². The number of allylic oxidation sites excluding steroid dienone is 1. The van der Waals surface area contributed by atoms with Crippen molar-refractivity contribution in [3.05, 3.63) is 12.2 Å². The van der Waals surface area contributed by atoms with E-state index in [0.29, 0.717) is 30.7 Å². The van der Waals surface area contributed by atoms with Crippen molar-refractivity contribution in [2.75, 3.05) is 6.61 Å². The molecule has 0 spiro atoms. The lowest BCUT2D eigenvalue weighted by Crippen LogP contribution is -2.27. The molecular weight excluding hydrogens is 192 g/mol. The molecule has 1 saturated carbocycles. The largest absolute Gasteiger partial charge is 0.462 e. The minimum atomic E-state index is -0.233. The third kappa shape index (κ3) is 2.59. The molecule has 1 heterocycles. The van der Waals surface area contributed by atoms with Crippen molar-refractivity contribution < 1.29 is 14.3 Å². The lowest BCUT2D eigenvalue weighted by molar-refractivity contribution is -0.139. The van der Waals surface area contributed by atoms with Crippen LogP contribution in [0.25, 0.3) is 0 Å². The number of hydrogen-bond donors (Lipinski definition) is 0. The van der Waals surface area contributed by atoms with E-state index in [0.717, 1.165) is 12.8 Å². The van der Waals surface area contributed by atoms with Gasteiger partial charge in [-0.3, -0.25) is 0 Å². The highest BCUT2D eigenvalue weighted by Crippen LogP contribution is 2.42. The van der Waals surface area contributed by atoms with E-state index in [9.17, 15) is 4.79 Å². The molecule has 0 bridgehead atoms. The van der Waals surface area contributed by atoms with Crippen LogP contribution in [0.15, 0.2) is 12.2 Å². The van der Waals surface area contributed by atoms with Crippen LogP contribution in [-0.4, -0.2) is 24.8 Å². The number of hydrogen-bond acceptors (Lipinski definition) is 3. The summed E-state index contributed by atoms with van der Waals surface area (Å²) in [5.41, 5.74) is 0. The molecule has 1 aliphatic carbocycles. The summed E-state index contributed by atoms with van der Waals surface area (Å²) in [7, 11) is 0. The van der Waals surface area contributed by atoms with Crippen molar-refractivity contribution in [2.45, 2.75) is 38.9 Å². The highest BCUT2D eigenvalue weighted by atomic mass is 16.6. The standard InChI is InChI=1S/C12H18O3/c1-3-4-12(13)14-7-9-6-11-10(15-11)5-8(9)2/h3-4,8-11H,5-7H2,1-2H3/b4-3+. The van der Waals surface area contributed by atoms with Gasteiger partial charge in [-0.1, -0.05) is 13.0 Å². The van der Waals surface area contributed by atoms with Crippen LogP contribution in [-0.2, 0) is 14.3 Å². The molecular formula is C12H18O3. The molecule has 84 valence electrons. The van der Waals surface area contributed by atoms with Gasteiger partial charge in [-0.05, 0) is 31.6 Å². The molecule has 2 fully saturated rings. The van der Waals surface area contributed by atoms with Gasteiger partial charge < -0.3 is 9.47 Å². The summed E-state index contributed by atoms with van der Waals surface area (Å²) in [4.78, 5) is 11.1. The SMILES string of the molecule is C/C=C/C(=O)OCC1CC2OC2CC1C. The van der Waals surface area contributed by atoms with E-state index in [1.54, 1.807) is 6.08 Å². The van der Waals surface area contributed by atoms with Crippen LogP contribution in [0, 0.1) is 11.8 Å². The Hall–Kier alpha value is -0.830. The fourth-order valence-corrected chi connectivity index (χ4v) is 2.29. The highest BCUT2D eigenvalue weighted by molar-refractivity contribution is 5.81. The highest BCUT2D eigenvalue weighted by Gasteiger charge is 2.47. The van der Waals surface area contributed by atoms with Crippen LogP contribution < -0.4 is 0 Å². The molecule has 15 heavy (non-hydrogen) atoms. The Kier molecular flexibility index (Phi) is 3.10. The summed E-state index contributed by atoms with van der Waals surface area (Å²) in [6, 6.07) is 0. The predicted molar refractivity (Wildman–Crippen MR) is 56.3 cm³/mol. The van der Waals surface area contributed by atoms with Crippen molar-refractivity contribution in [3.63, 3.8) is 0 Å². The summed E-state index contributed by atoms with van der Waals surface area (Å²) in [6.07, 6.45) is 6.29. The number of carbonyl (C=O) groups excluding carboxylic acids is 1. The van der Waals surface area contributed by atoms with Gasteiger partial charge in [0.15, 0.2) is 0 Å². The van der Waals surface area contributed by atoms with Gasteiger partial charge >= 0.3 is 5.97 Å². The van der Waals surface area contributed by atoms with Crippen molar-refractivity contribution in [3.8, 4) is 0 Å². The maximum atomic E-state index is 11.1. The molecule has 0 amide bonds. The zero-order valence-corrected chi connectivity index (χ0v) is 9.31. The first-order chi connectivity index (χ1) is 7.20. The van der Waals surface area contributed by atoms with Gasteiger partial charge in [0.25, 0.3) is 0 Å². The molecule has 1 aliphatic heterocycles. The number of fused-ring (bicyclic) bond motifs is 1. The topological polar surface area (TPSA) is 38.8 Å². The van der Waals surface area contributed by atoms with Gasteiger partial charge in [-0.2, -0.15) is 0 Å². The molecule has 3 heteroatoms. The minimum absolute atomic E-state index is 0.233. The third-order valence-electron chi connectivity index (χ3n) is 3.37. The number of ether oxygens (including phenoxy) is 2. The smallest absolute Gasteiger partial charge is 0.330 e. The van der Waals surface area contributed by atoms with E-state index in [-0.39, 0.29) is 5.97 Å². The van der Waals surface area contributed by atoms with E-state index >= 15 is 0 Å². The molecule has 0 aromatic heterocycles. The molecule has 0 aromatic carbocycles. The number of rotatable bonds is 3. The number of esters is 1. The second kappa shape index (κ2) is 4.35. The molecule has 1 saturated heterocycles. The van der Waals surface area contributed by atoms with Crippen LogP contribution >= 0.6 is 0 Å². The Morgan fingerprint density at radius 3 is 2.93 bits per heavy atom. The summed E-state index contributed by atoms with van der Waals surface area (Å²) < 4.78 is 10.7. The summed E-state index contributed by atoms with van der Waals surface area (Å²) >= 11 is 0. The van der Waals surface area contributed by atoms with E-state index in [1.807, 2.05) is 6.92 Å². The number of carbonyl (C=O) groups is 1. The lowest BCUT2D eigenvalue weighted by Gasteiger charge is -2.25. The average Bonchev–Trinajstić information content (AvgIpc) is 2.92. The van der Waals surface area contributed by atoms with Crippen LogP contribution in [0.1, 0.15) is 26.7 Å². The molecule has 4 atom stereocenters. The lowest BCUT2D eigenvalue weighted by atomic mass is 9.81. The minimum Gasteiger partial charge on any atom is -0.462 e. The maximum absolute atomic E-state index is 11.1. The fourth-order valence-electron chi connectivity index (χ4n) is 2.29. The summed E-state index contributed by atoms with van der Waals surface area (Å²) in [5.74, 6) is 0.846. The quantitative estimate of drug-likeness (QED) is 0.406. The molecule has 0 aromatic rings. The van der Waals surface area contributed by atoms with E-state index < -0.39 is 0 Å². The zero-order chi connectivity index (χ0) is 10.8. The molecule has 0 N–H and O–H groups in total. The van der Waals surface area contributed by atoms with Crippen molar-refractivity contribution in [2.24, 2.45) is 11.8 Å². The second-order valence-corrected chi connectivity index (χ2v) is 4.55. The maximum Gasteiger partial charge on any atom is 0.330 e. The van der Waals surface area contributed by atoms with Gasteiger partial charge in [0.05, 0.1) is 18.8 Å². The van der Waals surface area contributed by atoms with E-state index in [1.165, 1.54) is 6.08 Å². The second-order valence-electron chi connectivity index (χ2n) is 4.55. The summed E-state index contributed by atoms with van der Waals surface area (Å²) in [6.45, 7) is 4.57. The first-order valence-corrected chi connectivity index (χ1v) is 5.65. The molecule has 4 unspecified atom stereocenters. The molecule has 0 radical (unpaired) electrons. The Balaban J connectivity index is 1.76. The third-order valence-corrected chi connectivity index (χ3v) is 3.37. The Bertz CT molecular complexity index is 272. The van der Waals surface area contributed by atoms with Gasteiger partial charge in [0.2, 0.25) is 0 Å². The first-order valence-electron chi connectivity index (χ1n) is 5.65. The van der Waals surface area contributed by atoms with Crippen molar-refractivity contribution >= 4 is 5.97 Å². The number of epoxide rings is 1. The van der Waals surface area contributed by atoms with Crippen molar-refractivity contribution in [1.29, 1.82) is 0 Å². The summed E-state index contributed by atoms with van der Waals surface area (Å²) in [5, 5.41) is 0.